The number of anilines is 1. The van der Waals surface area contributed by atoms with Gasteiger partial charge in [-0.05, 0) is 51.0 Å². The fraction of sp³-hybridized carbons (Fsp3) is 0.611. The first-order valence-electron chi connectivity index (χ1n) is 8.68. The zero-order valence-corrected chi connectivity index (χ0v) is 19.2. The Bertz CT molecular complexity index is 524. The molecular formula is C18H30BrIN4O. The molecule has 1 aromatic rings. The molecule has 5 nitrogen and oxygen atoms in total. The number of hydrogen-bond acceptors (Lipinski definition) is 3. The van der Waals surface area contributed by atoms with Crippen molar-refractivity contribution >= 4 is 51.6 Å². The predicted octanol–water partition coefficient (Wildman–Crippen LogP) is 3.63. The van der Waals surface area contributed by atoms with Crippen LogP contribution in [0.15, 0.2) is 33.7 Å². The fourth-order valence-corrected chi connectivity index (χ4v) is 3.01. The summed E-state index contributed by atoms with van der Waals surface area (Å²) in [4.78, 5) is 6.73. The van der Waals surface area contributed by atoms with Gasteiger partial charge in [-0.1, -0.05) is 15.9 Å². The van der Waals surface area contributed by atoms with E-state index in [1.54, 1.807) is 0 Å². The van der Waals surface area contributed by atoms with Crippen molar-refractivity contribution in [3.8, 4) is 0 Å². The molecule has 1 aromatic carbocycles. The molecular weight excluding hydrogens is 495 g/mol. The number of nitrogens with zero attached hydrogens (tertiary/aromatic N) is 2. The van der Waals surface area contributed by atoms with Crippen molar-refractivity contribution in [1.82, 2.24) is 10.6 Å². The molecule has 1 saturated heterocycles. The van der Waals surface area contributed by atoms with E-state index in [4.69, 9.17) is 4.74 Å². The Labute approximate surface area is 177 Å². The largest absolute Gasteiger partial charge is 0.379 e. The zero-order valence-electron chi connectivity index (χ0n) is 15.3. The van der Waals surface area contributed by atoms with Gasteiger partial charge in [-0.3, -0.25) is 4.99 Å². The number of hydrogen-bond donors (Lipinski definition) is 2. The number of guanidine groups is 1. The normalized spacial score (nSPS) is 17.6. The summed E-state index contributed by atoms with van der Waals surface area (Å²) in [7, 11) is 1.82. The van der Waals surface area contributed by atoms with Gasteiger partial charge in [0.1, 0.15) is 0 Å². The van der Waals surface area contributed by atoms with E-state index in [1.807, 2.05) is 7.05 Å². The van der Waals surface area contributed by atoms with E-state index in [-0.39, 0.29) is 24.0 Å². The van der Waals surface area contributed by atoms with Crippen molar-refractivity contribution in [3.05, 3.63) is 28.7 Å². The van der Waals surface area contributed by atoms with E-state index in [0.29, 0.717) is 12.1 Å². The van der Waals surface area contributed by atoms with Crippen LogP contribution in [0.1, 0.15) is 26.7 Å². The van der Waals surface area contributed by atoms with Gasteiger partial charge < -0.3 is 20.3 Å². The highest BCUT2D eigenvalue weighted by molar-refractivity contribution is 14.0. The van der Waals surface area contributed by atoms with Gasteiger partial charge in [0.2, 0.25) is 0 Å². The molecule has 0 saturated carbocycles. The molecule has 1 fully saturated rings. The third-order valence-corrected chi connectivity index (χ3v) is 4.54. The van der Waals surface area contributed by atoms with Crippen molar-refractivity contribution in [3.63, 3.8) is 0 Å². The number of aliphatic imine (C=N–C) groups is 1. The Morgan fingerprint density at radius 1 is 1.36 bits per heavy atom. The van der Waals surface area contributed by atoms with Crippen LogP contribution in [-0.2, 0) is 4.74 Å². The average molecular weight is 525 g/mol. The second kappa shape index (κ2) is 12.0. The smallest absolute Gasteiger partial charge is 0.191 e. The zero-order chi connectivity index (χ0) is 17.4. The van der Waals surface area contributed by atoms with E-state index in [1.165, 1.54) is 5.69 Å². The molecule has 142 valence electrons. The lowest BCUT2D eigenvalue weighted by Gasteiger charge is -2.20. The number of ether oxygens (including phenoxy) is 1. The Morgan fingerprint density at radius 2 is 2.08 bits per heavy atom. The first kappa shape index (κ1) is 22.5. The molecule has 1 atom stereocenters. The third kappa shape index (κ3) is 8.13. The van der Waals surface area contributed by atoms with Gasteiger partial charge >= 0.3 is 0 Å². The summed E-state index contributed by atoms with van der Waals surface area (Å²) in [5.74, 6) is 0.877. The summed E-state index contributed by atoms with van der Waals surface area (Å²) >= 11 is 3.49. The molecule has 0 spiro atoms. The van der Waals surface area contributed by atoms with Gasteiger partial charge in [-0.25, -0.2) is 0 Å². The van der Waals surface area contributed by atoms with Crippen LogP contribution in [0.3, 0.4) is 0 Å². The van der Waals surface area contributed by atoms with Crippen molar-refractivity contribution < 1.29 is 4.74 Å². The third-order valence-electron chi connectivity index (χ3n) is 4.01. The fourth-order valence-electron chi connectivity index (χ4n) is 2.75. The Balaban J connectivity index is 0.00000312. The van der Waals surface area contributed by atoms with E-state index in [0.717, 1.165) is 49.5 Å². The SMILES string of the molecule is CN=C(NCCCOC(C)C)NC1CCN(c2ccc(Br)cc2)C1.I. The molecule has 1 aliphatic rings. The maximum absolute atomic E-state index is 5.55. The van der Waals surface area contributed by atoms with E-state index >= 15 is 0 Å². The molecule has 1 aliphatic heterocycles. The minimum atomic E-state index is 0. The van der Waals surface area contributed by atoms with Crippen LogP contribution >= 0.6 is 39.9 Å². The molecule has 0 aromatic heterocycles. The van der Waals surface area contributed by atoms with Gasteiger partial charge in [-0.2, -0.15) is 0 Å². The van der Waals surface area contributed by atoms with Gasteiger partial charge in [0.05, 0.1) is 6.10 Å². The molecule has 1 heterocycles. The van der Waals surface area contributed by atoms with Crippen LogP contribution in [0.4, 0.5) is 5.69 Å². The average Bonchev–Trinajstić information content (AvgIpc) is 3.02. The maximum atomic E-state index is 5.55. The van der Waals surface area contributed by atoms with Crippen LogP contribution in [0.5, 0.6) is 0 Å². The second-order valence-electron chi connectivity index (χ2n) is 6.32. The van der Waals surface area contributed by atoms with E-state index < -0.39 is 0 Å². The molecule has 2 rings (SSSR count). The predicted molar refractivity (Wildman–Crippen MR) is 120 cm³/mol. The van der Waals surface area contributed by atoms with Crippen LogP contribution in [0, 0.1) is 0 Å². The second-order valence-corrected chi connectivity index (χ2v) is 7.24. The van der Waals surface area contributed by atoms with Crippen molar-refractivity contribution in [2.45, 2.75) is 38.8 Å². The summed E-state index contributed by atoms with van der Waals surface area (Å²) in [5, 5.41) is 6.89. The molecule has 25 heavy (non-hydrogen) atoms. The topological polar surface area (TPSA) is 48.9 Å². The van der Waals surface area contributed by atoms with Crippen molar-refractivity contribution in [1.29, 1.82) is 0 Å². The molecule has 0 aliphatic carbocycles. The quantitative estimate of drug-likeness (QED) is 0.247. The Kier molecular flexibility index (Phi) is 10.8. The first-order valence-corrected chi connectivity index (χ1v) is 9.47. The van der Waals surface area contributed by atoms with Crippen molar-refractivity contribution in [2.75, 3.05) is 38.2 Å². The highest BCUT2D eigenvalue weighted by atomic mass is 127. The molecule has 0 amide bonds. The number of halogens is 2. The van der Waals surface area contributed by atoms with Crippen LogP contribution in [0.25, 0.3) is 0 Å². The number of rotatable bonds is 7. The first-order chi connectivity index (χ1) is 11.6. The molecule has 0 bridgehead atoms. The molecule has 2 N–H and O–H groups in total. The summed E-state index contributed by atoms with van der Waals surface area (Å²) in [6, 6.07) is 8.93. The summed E-state index contributed by atoms with van der Waals surface area (Å²) in [5.41, 5.74) is 1.27. The van der Waals surface area contributed by atoms with E-state index in [9.17, 15) is 0 Å². The highest BCUT2D eigenvalue weighted by Crippen LogP contribution is 2.22. The monoisotopic (exact) mass is 524 g/mol. The Hall–Kier alpha value is -0.540. The van der Waals surface area contributed by atoms with Gasteiger partial charge in [0.25, 0.3) is 0 Å². The summed E-state index contributed by atoms with van der Waals surface area (Å²) in [6.45, 7) is 7.84. The van der Waals surface area contributed by atoms with Crippen LogP contribution in [-0.4, -0.2) is 51.4 Å². The molecule has 1 unspecified atom stereocenters. The lowest BCUT2D eigenvalue weighted by atomic mass is 10.3. The summed E-state index contributed by atoms with van der Waals surface area (Å²) < 4.78 is 6.67. The number of benzene rings is 1. The van der Waals surface area contributed by atoms with Gasteiger partial charge in [0.15, 0.2) is 5.96 Å². The van der Waals surface area contributed by atoms with Gasteiger partial charge in [-0.15, -0.1) is 24.0 Å². The lowest BCUT2D eigenvalue weighted by molar-refractivity contribution is 0.0776. The number of nitrogens with one attached hydrogen (secondary N) is 2. The van der Waals surface area contributed by atoms with E-state index in [2.05, 4.69) is 74.6 Å². The lowest BCUT2D eigenvalue weighted by Crippen LogP contribution is -2.45. The summed E-state index contributed by atoms with van der Waals surface area (Å²) in [6.07, 6.45) is 2.40. The van der Waals surface area contributed by atoms with Gasteiger partial charge in [0, 0.05) is 49.5 Å². The minimum absolute atomic E-state index is 0. The van der Waals surface area contributed by atoms with Crippen LogP contribution in [0.2, 0.25) is 0 Å². The van der Waals surface area contributed by atoms with Crippen molar-refractivity contribution in [2.24, 2.45) is 4.99 Å². The standard InChI is InChI=1S/C18H29BrN4O.HI/c1-14(2)24-12-4-10-21-18(20-3)22-16-9-11-23(13-16)17-7-5-15(19)6-8-17;/h5-8,14,16H,4,9-13H2,1-3H3,(H2,20,21,22);1H. The highest BCUT2D eigenvalue weighted by Gasteiger charge is 2.23. The molecule has 0 radical (unpaired) electrons. The molecule has 7 heteroatoms. The maximum Gasteiger partial charge on any atom is 0.191 e. The Morgan fingerprint density at radius 3 is 2.72 bits per heavy atom. The minimum Gasteiger partial charge on any atom is -0.379 e. The van der Waals surface area contributed by atoms with Crippen LogP contribution < -0.4 is 15.5 Å².